The number of carbonyl (C=O) groups excluding carboxylic acids is 2. The van der Waals surface area contributed by atoms with Crippen molar-refractivity contribution in [1.29, 1.82) is 0 Å². The molecule has 2 atom stereocenters. The molecule has 0 radical (unpaired) electrons. The number of ether oxygens (including phenoxy) is 2. The molecule has 39 heavy (non-hydrogen) atoms. The van der Waals surface area contributed by atoms with Crippen molar-refractivity contribution in [1.82, 2.24) is 14.9 Å². The van der Waals surface area contributed by atoms with Crippen molar-refractivity contribution in [3.63, 3.8) is 0 Å². The second kappa shape index (κ2) is 10.8. The Kier molecular flexibility index (Phi) is 7.68. The zero-order valence-electron chi connectivity index (χ0n) is 21.2. The number of amides is 1. The van der Waals surface area contributed by atoms with E-state index in [0.29, 0.717) is 27.5 Å². The number of fused-ring (bicyclic) bond motifs is 3. The van der Waals surface area contributed by atoms with E-state index in [-0.39, 0.29) is 11.3 Å². The normalized spacial score (nSPS) is 13.4. The highest BCUT2D eigenvalue weighted by atomic mass is 19.4. The van der Waals surface area contributed by atoms with Gasteiger partial charge in [0, 0.05) is 10.8 Å². The van der Waals surface area contributed by atoms with Crippen molar-refractivity contribution in [3.05, 3.63) is 65.0 Å². The van der Waals surface area contributed by atoms with Crippen LogP contribution in [0.25, 0.3) is 33.1 Å². The minimum atomic E-state index is -4.94. The number of nitrogens with one attached hydrogen (secondary N) is 2. The van der Waals surface area contributed by atoms with E-state index in [1.807, 2.05) is 0 Å². The summed E-state index contributed by atoms with van der Waals surface area (Å²) in [5, 5.41) is 13.1. The van der Waals surface area contributed by atoms with Crippen LogP contribution in [-0.2, 0) is 16.1 Å². The van der Waals surface area contributed by atoms with Crippen LogP contribution in [0.5, 0.6) is 5.75 Å². The molecule has 0 saturated carbocycles. The van der Waals surface area contributed by atoms with Gasteiger partial charge in [0.05, 0.1) is 24.4 Å². The number of alkyl halides is 3. The largest absolute Gasteiger partial charge is 0.513 e. The first-order valence-electron chi connectivity index (χ1n) is 12.0. The van der Waals surface area contributed by atoms with E-state index < -0.39 is 48.4 Å². The van der Waals surface area contributed by atoms with Gasteiger partial charge in [-0.3, -0.25) is 14.2 Å². The zero-order valence-corrected chi connectivity index (χ0v) is 21.2. The van der Waals surface area contributed by atoms with Crippen molar-refractivity contribution in [2.75, 3.05) is 7.11 Å². The number of pyridine rings is 1. The molecule has 4 rings (SSSR count). The summed E-state index contributed by atoms with van der Waals surface area (Å²) in [5.74, 6) is -1.52. The van der Waals surface area contributed by atoms with Crippen LogP contribution in [-0.4, -0.2) is 52.2 Å². The van der Waals surface area contributed by atoms with Gasteiger partial charge in [0.25, 0.3) is 5.56 Å². The maximum atomic E-state index is 13.7. The molecule has 12 heteroatoms. The van der Waals surface area contributed by atoms with Gasteiger partial charge < -0.3 is 24.9 Å². The van der Waals surface area contributed by atoms with Gasteiger partial charge in [-0.15, -0.1) is 0 Å². The standard InChI is InChI=1S/C27H26F3N3O6/c1-14(2)21(24(35)27(28,29)30)31-20(34)13-33-18(15-8-5-4-6-9-15)12-17-16-10-7-11-19(39-26(37)38-3)22(16)32-23(17)25(33)36/h4-12,14,21,24,32,35H,13H2,1-3H3,(H,31,34). The van der Waals surface area contributed by atoms with Crippen molar-refractivity contribution < 1.29 is 37.3 Å². The summed E-state index contributed by atoms with van der Waals surface area (Å²) >= 11 is 0. The summed E-state index contributed by atoms with van der Waals surface area (Å²) in [6.45, 7) is 2.26. The Morgan fingerprint density at radius 1 is 1.05 bits per heavy atom. The number of aliphatic hydroxyl groups is 1. The van der Waals surface area contributed by atoms with Crippen LogP contribution in [0, 0.1) is 5.92 Å². The second-order valence-corrected chi connectivity index (χ2v) is 9.26. The molecule has 0 bridgehead atoms. The Balaban J connectivity index is 1.84. The number of hydrogen-bond donors (Lipinski definition) is 3. The molecule has 2 aromatic heterocycles. The molecule has 0 fully saturated rings. The van der Waals surface area contributed by atoms with Gasteiger partial charge >= 0.3 is 12.3 Å². The minimum absolute atomic E-state index is 0.0918. The predicted octanol–water partition coefficient (Wildman–Crippen LogP) is 4.36. The summed E-state index contributed by atoms with van der Waals surface area (Å²) in [6, 6.07) is 13.6. The third kappa shape index (κ3) is 5.60. The third-order valence-corrected chi connectivity index (χ3v) is 6.32. The van der Waals surface area contributed by atoms with Crippen LogP contribution >= 0.6 is 0 Å². The molecule has 3 N–H and O–H groups in total. The van der Waals surface area contributed by atoms with Crippen molar-refractivity contribution >= 4 is 33.9 Å². The highest BCUT2D eigenvalue weighted by Crippen LogP contribution is 2.33. The first-order chi connectivity index (χ1) is 18.4. The first kappa shape index (κ1) is 27.7. The highest BCUT2D eigenvalue weighted by Gasteiger charge is 2.45. The van der Waals surface area contributed by atoms with E-state index in [1.54, 1.807) is 48.5 Å². The van der Waals surface area contributed by atoms with Crippen LogP contribution in [0.1, 0.15) is 13.8 Å². The first-order valence-corrected chi connectivity index (χ1v) is 12.0. The topological polar surface area (TPSA) is 123 Å². The fourth-order valence-corrected chi connectivity index (χ4v) is 4.40. The number of nitrogens with zero attached hydrogens (tertiary/aromatic N) is 1. The van der Waals surface area contributed by atoms with Crippen molar-refractivity contribution in [2.24, 2.45) is 5.92 Å². The summed E-state index contributed by atoms with van der Waals surface area (Å²) < 4.78 is 50.5. The molecule has 0 aliphatic heterocycles. The predicted molar refractivity (Wildman–Crippen MR) is 137 cm³/mol. The lowest BCUT2D eigenvalue weighted by Crippen LogP contribution is -2.53. The van der Waals surface area contributed by atoms with Gasteiger partial charge in [-0.05, 0) is 23.6 Å². The highest BCUT2D eigenvalue weighted by molar-refractivity contribution is 6.10. The lowest BCUT2D eigenvalue weighted by atomic mass is 9.98. The Morgan fingerprint density at radius 3 is 2.36 bits per heavy atom. The van der Waals surface area contributed by atoms with Crippen LogP contribution < -0.4 is 15.6 Å². The molecule has 0 aliphatic rings. The molecule has 0 saturated heterocycles. The number of hydrogen-bond acceptors (Lipinski definition) is 6. The van der Waals surface area contributed by atoms with E-state index in [9.17, 15) is 32.7 Å². The van der Waals surface area contributed by atoms with Gasteiger partial charge in [0.15, 0.2) is 11.9 Å². The Hall–Kier alpha value is -4.32. The van der Waals surface area contributed by atoms with Crippen LogP contribution in [0.4, 0.5) is 18.0 Å². The SMILES string of the molecule is COC(=O)Oc1cccc2c1[nH]c1c(=O)n(CC(=O)NC(C(C)C)C(O)C(F)(F)F)c(-c3ccccc3)cc12. The Bertz CT molecular complexity index is 1580. The van der Waals surface area contributed by atoms with E-state index in [4.69, 9.17) is 4.74 Å². The maximum absolute atomic E-state index is 13.7. The van der Waals surface area contributed by atoms with Gasteiger partial charge in [-0.1, -0.05) is 56.3 Å². The van der Waals surface area contributed by atoms with Crippen molar-refractivity contribution in [3.8, 4) is 17.0 Å². The molecule has 0 spiro atoms. The molecule has 0 aliphatic carbocycles. The molecule has 2 aromatic carbocycles. The van der Waals surface area contributed by atoms with Gasteiger partial charge in [-0.25, -0.2) is 4.79 Å². The molecule has 2 unspecified atom stereocenters. The Labute approximate surface area is 220 Å². The van der Waals surface area contributed by atoms with E-state index >= 15 is 0 Å². The van der Waals surface area contributed by atoms with Crippen molar-refractivity contribution in [2.45, 2.75) is 38.7 Å². The van der Waals surface area contributed by atoms with E-state index in [0.717, 1.165) is 11.7 Å². The fourth-order valence-electron chi connectivity index (χ4n) is 4.40. The van der Waals surface area contributed by atoms with E-state index in [2.05, 4.69) is 15.0 Å². The summed E-state index contributed by atoms with van der Waals surface area (Å²) in [7, 11) is 1.15. The molecular weight excluding hydrogens is 519 g/mol. The number of aromatic nitrogens is 2. The van der Waals surface area contributed by atoms with Gasteiger partial charge in [0.2, 0.25) is 5.91 Å². The summed E-state index contributed by atoms with van der Waals surface area (Å²) in [5.41, 5.74) is 0.718. The quantitative estimate of drug-likeness (QED) is 0.234. The number of aliphatic hydroxyl groups excluding tert-OH is 1. The number of H-pyrrole nitrogens is 1. The van der Waals surface area contributed by atoms with Crippen LogP contribution in [0.15, 0.2) is 59.4 Å². The maximum Gasteiger partial charge on any atom is 0.513 e. The number of para-hydroxylation sites is 1. The average Bonchev–Trinajstić information content (AvgIpc) is 3.28. The fraction of sp³-hybridized carbons (Fsp3) is 0.296. The lowest BCUT2D eigenvalue weighted by molar-refractivity contribution is -0.215. The molecular formula is C27H26F3N3O6. The molecule has 2 heterocycles. The van der Waals surface area contributed by atoms with Gasteiger partial charge in [0.1, 0.15) is 12.1 Å². The molecule has 4 aromatic rings. The monoisotopic (exact) mass is 545 g/mol. The summed E-state index contributed by atoms with van der Waals surface area (Å²) in [6.07, 6.45) is -8.68. The zero-order chi connectivity index (χ0) is 28.5. The van der Waals surface area contributed by atoms with Gasteiger partial charge in [-0.2, -0.15) is 13.2 Å². The molecule has 206 valence electrons. The molecule has 1 amide bonds. The Morgan fingerprint density at radius 2 is 1.74 bits per heavy atom. The third-order valence-electron chi connectivity index (χ3n) is 6.32. The second-order valence-electron chi connectivity index (χ2n) is 9.26. The molecule has 9 nitrogen and oxygen atoms in total. The minimum Gasteiger partial charge on any atom is -0.437 e. The number of aromatic amines is 1. The number of rotatable bonds is 7. The summed E-state index contributed by atoms with van der Waals surface area (Å²) in [4.78, 5) is 41.4. The number of benzene rings is 2. The number of methoxy groups -OCH3 is 1. The average molecular weight is 546 g/mol. The number of halogens is 3. The lowest BCUT2D eigenvalue weighted by Gasteiger charge is -2.29. The smallest absolute Gasteiger partial charge is 0.437 e. The number of carbonyl (C=O) groups is 2. The van der Waals surface area contributed by atoms with Crippen LogP contribution in [0.3, 0.4) is 0 Å². The van der Waals surface area contributed by atoms with E-state index in [1.165, 1.54) is 19.9 Å². The van der Waals surface area contributed by atoms with Crippen LogP contribution in [0.2, 0.25) is 0 Å².